The van der Waals surface area contributed by atoms with Gasteiger partial charge in [0.1, 0.15) is 11.9 Å². The molecule has 104 valence electrons. The second-order valence-electron chi connectivity index (χ2n) is 5.99. The van der Waals surface area contributed by atoms with Gasteiger partial charge in [0.25, 0.3) is 0 Å². The van der Waals surface area contributed by atoms with Crippen molar-refractivity contribution in [2.24, 2.45) is 0 Å². The molecule has 0 aromatic heterocycles. The molecule has 1 saturated heterocycles. The molecule has 1 fully saturated rings. The summed E-state index contributed by atoms with van der Waals surface area (Å²) in [5.41, 5.74) is -0.197. The van der Waals surface area contributed by atoms with Crippen LogP contribution >= 0.6 is 0 Å². The van der Waals surface area contributed by atoms with Gasteiger partial charge in [-0.1, -0.05) is 18.2 Å². The molecule has 0 bridgehead atoms. The summed E-state index contributed by atoms with van der Waals surface area (Å²) in [4.78, 5) is 12.0. The van der Waals surface area contributed by atoms with E-state index in [0.717, 1.165) is 5.75 Å². The van der Waals surface area contributed by atoms with E-state index in [4.69, 9.17) is 4.74 Å². The number of rotatable bonds is 3. The van der Waals surface area contributed by atoms with Crippen molar-refractivity contribution in [2.45, 2.75) is 44.9 Å². The van der Waals surface area contributed by atoms with Crippen molar-refractivity contribution in [3.63, 3.8) is 0 Å². The molecular weight excluding hydrogens is 240 g/mol. The van der Waals surface area contributed by atoms with Crippen LogP contribution in [0.5, 0.6) is 5.75 Å². The van der Waals surface area contributed by atoms with E-state index in [9.17, 15) is 4.79 Å². The minimum atomic E-state index is -0.197. The van der Waals surface area contributed by atoms with Crippen molar-refractivity contribution < 1.29 is 9.53 Å². The third-order valence-electron chi connectivity index (χ3n) is 2.95. The van der Waals surface area contributed by atoms with E-state index >= 15 is 0 Å². The Morgan fingerprint density at radius 1 is 1.32 bits per heavy atom. The number of carbonyl (C=O) groups excluding carboxylic acids is 1. The molecule has 2 N–H and O–H groups in total. The highest BCUT2D eigenvalue weighted by Gasteiger charge is 2.32. The van der Waals surface area contributed by atoms with Gasteiger partial charge in [-0.3, -0.25) is 4.79 Å². The summed E-state index contributed by atoms with van der Waals surface area (Å²) in [6, 6.07) is 9.56. The van der Waals surface area contributed by atoms with Gasteiger partial charge >= 0.3 is 0 Å². The second kappa shape index (κ2) is 5.61. The van der Waals surface area contributed by atoms with Gasteiger partial charge in [-0.05, 0) is 32.9 Å². The van der Waals surface area contributed by atoms with Gasteiger partial charge in [-0.2, -0.15) is 0 Å². The molecule has 0 spiro atoms. The fraction of sp³-hybridized carbons (Fsp3) is 0.533. The van der Waals surface area contributed by atoms with E-state index in [-0.39, 0.29) is 23.6 Å². The number of amides is 1. The Labute approximate surface area is 114 Å². The molecule has 4 heteroatoms. The number of para-hydroxylation sites is 1. The summed E-state index contributed by atoms with van der Waals surface area (Å²) in [5.74, 6) is 0.901. The Morgan fingerprint density at radius 2 is 2.00 bits per heavy atom. The summed E-state index contributed by atoms with van der Waals surface area (Å²) in [6.45, 7) is 6.66. The van der Waals surface area contributed by atoms with Crippen LogP contribution in [0.2, 0.25) is 0 Å². The summed E-state index contributed by atoms with van der Waals surface area (Å²) in [6.07, 6.45) is 0.759. The monoisotopic (exact) mass is 262 g/mol. The van der Waals surface area contributed by atoms with Gasteiger partial charge in [0.15, 0.2) is 0 Å². The average Bonchev–Trinajstić information content (AvgIpc) is 2.77. The lowest BCUT2D eigenvalue weighted by Gasteiger charge is -2.23. The van der Waals surface area contributed by atoms with E-state index in [1.807, 2.05) is 51.1 Å². The van der Waals surface area contributed by atoms with Crippen LogP contribution in [0.3, 0.4) is 0 Å². The highest BCUT2D eigenvalue weighted by molar-refractivity contribution is 5.82. The highest BCUT2D eigenvalue weighted by Crippen LogP contribution is 2.17. The Hall–Kier alpha value is -1.55. The fourth-order valence-electron chi connectivity index (χ4n) is 2.14. The van der Waals surface area contributed by atoms with Crippen LogP contribution in [0.4, 0.5) is 0 Å². The standard InChI is InChI=1S/C15H22N2O2/c1-15(2,3)17-14(18)13-9-12(10-16-13)19-11-7-5-4-6-8-11/h4-8,12-13,16H,9-10H2,1-3H3,(H,17,18)/t12-,13-/m0/s1. The fourth-order valence-corrected chi connectivity index (χ4v) is 2.14. The molecule has 0 unspecified atom stereocenters. The van der Waals surface area contributed by atoms with Crippen LogP contribution in [-0.4, -0.2) is 30.1 Å². The van der Waals surface area contributed by atoms with Gasteiger partial charge < -0.3 is 15.4 Å². The number of hydrogen-bond acceptors (Lipinski definition) is 3. The maximum absolute atomic E-state index is 12.0. The van der Waals surface area contributed by atoms with E-state index < -0.39 is 0 Å². The number of nitrogens with one attached hydrogen (secondary N) is 2. The largest absolute Gasteiger partial charge is 0.489 e. The molecule has 1 heterocycles. The second-order valence-corrected chi connectivity index (χ2v) is 5.99. The maximum Gasteiger partial charge on any atom is 0.237 e. The maximum atomic E-state index is 12.0. The number of benzene rings is 1. The smallest absolute Gasteiger partial charge is 0.237 e. The first kappa shape index (κ1) is 13.9. The van der Waals surface area contributed by atoms with Gasteiger partial charge in [0.2, 0.25) is 5.91 Å². The minimum Gasteiger partial charge on any atom is -0.489 e. The van der Waals surface area contributed by atoms with Crippen molar-refractivity contribution in [3.05, 3.63) is 30.3 Å². The highest BCUT2D eigenvalue weighted by atomic mass is 16.5. The Balaban J connectivity index is 1.85. The van der Waals surface area contributed by atoms with Gasteiger partial charge in [-0.15, -0.1) is 0 Å². The molecule has 1 amide bonds. The first-order valence-corrected chi connectivity index (χ1v) is 6.71. The van der Waals surface area contributed by atoms with Gasteiger partial charge in [0.05, 0.1) is 6.04 Å². The number of ether oxygens (including phenoxy) is 1. The van der Waals surface area contributed by atoms with Crippen molar-refractivity contribution in [1.82, 2.24) is 10.6 Å². The zero-order chi connectivity index (χ0) is 13.9. The molecule has 1 aliphatic rings. The third-order valence-corrected chi connectivity index (χ3v) is 2.95. The summed E-state index contributed by atoms with van der Waals surface area (Å²) in [7, 11) is 0. The number of hydrogen-bond donors (Lipinski definition) is 2. The molecule has 0 aliphatic carbocycles. The molecular formula is C15H22N2O2. The molecule has 1 aromatic rings. The molecule has 4 nitrogen and oxygen atoms in total. The minimum absolute atomic E-state index is 0.0478. The SMILES string of the molecule is CC(C)(C)NC(=O)[C@@H]1C[C@H](Oc2ccccc2)CN1. The van der Waals surface area contributed by atoms with E-state index in [0.29, 0.717) is 13.0 Å². The third kappa shape index (κ3) is 4.24. The lowest BCUT2D eigenvalue weighted by atomic mass is 10.1. The quantitative estimate of drug-likeness (QED) is 0.872. The molecule has 1 aliphatic heterocycles. The Bertz CT molecular complexity index is 426. The van der Waals surface area contributed by atoms with E-state index in [2.05, 4.69) is 10.6 Å². The van der Waals surface area contributed by atoms with Crippen LogP contribution in [0, 0.1) is 0 Å². The molecule has 1 aromatic carbocycles. The van der Waals surface area contributed by atoms with Crippen molar-refractivity contribution in [2.75, 3.05) is 6.54 Å². The number of carbonyl (C=O) groups is 1. The summed E-state index contributed by atoms with van der Waals surface area (Å²) < 4.78 is 5.84. The predicted molar refractivity (Wildman–Crippen MR) is 75.2 cm³/mol. The van der Waals surface area contributed by atoms with Crippen LogP contribution in [-0.2, 0) is 4.79 Å². The molecule has 2 atom stereocenters. The van der Waals surface area contributed by atoms with E-state index in [1.54, 1.807) is 0 Å². The van der Waals surface area contributed by atoms with Crippen LogP contribution in [0.1, 0.15) is 27.2 Å². The van der Waals surface area contributed by atoms with Gasteiger partial charge in [0, 0.05) is 18.5 Å². The Morgan fingerprint density at radius 3 is 2.63 bits per heavy atom. The lowest BCUT2D eigenvalue weighted by Crippen LogP contribution is -2.48. The van der Waals surface area contributed by atoms with Crippen LogP contribution < -0.4 is 15.4 Å². The first-order chi connectivity index (χ1) is 8.94. The normalized spacial score (nSPS) is 23.1. The van der Waals surface area contributed by atoms with Crippen molar-refractivity contribution in [1.29, 1.82) is 0 Å². The first-order valence-electron chi connectivity index (χ1n) is 6.71. The van der Waals surface area contributed by atoms with Crippen LogP contribution in [0.15, 0.2) is 30.3 Å². The zero-order valence-electron chi connectivity index (χ0n) is 11.8. The molecule has 19 heavy (non-hydrogen) atoms. The van der Waals surface area contributed by atoms with Crippen molar-refractivity contribution in [3.8, 4) is 5.75 Å². The molecule has 0 saturated carbocycles. The molecule has 2 rings (SSSR count). The summed E-state index contributed by atoms with van der Waals surface area (Å²) in [5, 5.41) is 6.20. The van der Waals surface area contributed by atoms with Crippen LogP contribution in [0.25, 0.3) is 0 Å². The lowest BCUT2D eigenvalue weighted by molar-refractivity contribution is -0.124. The van der Waals surface area contributed by atoms with E-state index in [1.165, 1.54) is 0 Å². The topological polar surface area (TPSA) is 50.4 Å². The summed E-state index contributed by atoms with van der Waals surface area (Å²) >= 11 is 0. The average molecular weight is 262 g/mol. The van der Waals surface area contributed by atoms with Gasteiger partial charge in [-0.25, -0.2) is 0 Å². The van der Waals surface area contributed by atoms with Crippen molar-refractivity contribution >= 4 is 5.91 Å². The predicted octanol–water partition coefficient (Wildman–Crippen LogP) is 1.71. The zero-order valence-corrected chi connectivity index (χ0v) is 11.8. The molecule has 0 radical (unpaired) electrons. The Kier molecular flexibility index (Phi) is 4.10.